The van der Waals surface area contributed by atoms with Gasteiger partial charge in [-0.2, -0.15) is 0 Å². The number of carbonyl (C=O) groups excluding carboxylic acids is 1. The second-order valence-electron chi connectivity index (χ2n) is 5.38. The van der Waals surface area contributed by atoms with Gasteiger partial charge in [-0.25, -0.2) is 0 Å². The van der Waals surface area contributed by atoms with Crippen LogP contribution >= 0.6 is 0 Å². The highest BCUT2D eigenvalue weighted by Crippen LogP contribution is 2.30. The summed E-state index contributed by atoms with van der Waals surface area (Å²) in [5.41, 5.74) is 0.444. The molecular formula is C15H22N2O3. The number of aliphatic hydroxyl groups is 2. The van der Waals surface area contributed by atoms with Gasteiger partial charge in [0.2, 0.25) is 0 Å². The van der Waals surface area contributed by atoms with Gasteiger partial charge in [0.05, 0.1) is 6.61 Å². The fourth-order valence-corrected chi connectivity index (χ4v) is 2.51. The molecule has 5 nitrogen and oxygen atoms in total. The lowest BCUT2D eigenvalue weighted by Gasteiger charge is -2.22. The van der Waals surface area contributed by atoms with Crippen molar-refractivity contribution < 1.29 is 15.0 Å². The molecule has 1 aromatic carbocycles. The van der Waals surface area contributed by atoms with E-state index in [4.69, 9.17) is 5.11 Å². The second-order valence-corrected chi connectivity index (χ2v) is 5.38. The Morgan fingerprint density at radius 1 is 1.30 bits per heavy atom. The molecule has 0 unspecified atom stereocenters. The molecule has 110 valence electrons. The van der Waals surface area contributed by atoms with Crippen LogP contribution in [-0.2, 0) is 4.79 Å². The molecule has 20 heavy (non-hydrogen) atoms. The Bertz CT molecular complexity index is 453. The van der Waals surface area contributed by atoms with Gasteiger partial charge >= 0.3 is 0 Å². The third-order valence-electron chi connectivity index (χ3n) is 3.85. The van der Waals surface area contributed by atoms with Gasteiger partial charge < -0.3 is 20.4 Å². The lowest BCUT2D eigenvalue weighted by atomic mass is 10.0. The molecule has 5 heteroatoms. The molecule has 1 aromatic rings. The molecule has 1 amide bonds. The molecule has 0 radical (unpaired) electrons. The molecule has 3 N–H and O–H groups in total. The number of aliphatic hydroxyl groups excluding tert-OH is 1. The van der Waals surface area contributed by atoms with Gasteiger partial charge in [0, 0.05) is 25.0 Å². The van der Waals surface area contributed by atoms with E-state index in [-0.39, 0.29) is 12.5 Å². The Morgan fingerprint density at radius 2 is 1.90 bits per heavy atom. The number of hydrogen-bond acceptors (Lipinski definition) is 4. The highest BCUT2D eigenvalue weighted by molar-refractivity contribution is 5.97. The molecular weight excluding hydrogens is 256 g/mol. The average molecular weight is 278 g/mol. The van der Waals surface area contributed by atoms with Gasteiger partial charge in [-0.1, -0.05) is 0 Å². The van der Waals surface area contributed by atoms with Crippen molar-refractivity contribution in [2.75, 3.05) is 30.4 Å². The summed E-state index contributed by atoms with van der Waals surface area (Å²) in [5, 5.41) is 21.8. The summed E-state index contributed by atoms with van der Waals surface area (Å²) in [6.45, 7) is 0.660. The number of anilines is 2. The molecule has 0 aliphatic heterocycles. The molecule has 0 aromatic heterocycles. The number of amides is 1. The Balaban J connectivity index is 1.98. The van der Waals surface area contributed by atoms with E-state index in [2.05, 4.69) is 5.32 Å². The Hall–Kier alpha value is -1.59. The smallest absolute Gasteiger partial charge is 0.256 e. The molecule has 1 aliphatic carbocycles. The van der Waals surface area contributed by atoms with E-state index in [1.165, 1.54) is 0 Å². The maximum absolute atomic E-state index is 12.1. The zero-order valence-electron chi connectivity index (χ0n) is 11.8. The standard InChI is InChI=1S/C15H22N2O3/c1-17(10-11-18)13-6-4-12(5-7-13)16-14(19)15(20)8-2-3-9-15/h4-7,18,20H,2-3,8-11H2,1H3,(H,16,19). The highest BCUT2D eigenvalue weighted by Gasteiger charge is 2.38. The zero-order valence-corrected chi connectivity index (χ0v) is 11.8. The summed E-state index contributed by atoms with van der Waals surface area (Å²) in [6, 6.07) is 7.37. The van der Waals surface area contributed by atoms with Gasteiger partial charge in [0.1, 0.15) is 5.60 Å². The summed E-state index contributed by atoms with van der Waals surface area (Å²) in [4.78, 5) is 14.0. The normalized spacial score (nSPS) is 16.9. The minimum absolute atomic E-state index is 0.0992. The summed E-state index contributed by atoms with van der Waals surface area (Å²) in [5.74, 6) is -0.313. The van der Waals surface area contributed by atoms with Gasteiger partial charge in [0.15, 0.2) is 0 Å². The average Bonchev–Trinajstić information content (AvgIpc) is 2.88. The van der Waals surface area contributed by atoms with Gasteiger partial charge in [-0.05, 0) is 49.9 Å². The van der Waals surface area contributed by atoms with Crippen molar-refractivity contribution in [2.45, 2.75) is 31.3 Å². The fraction of sp³-hybridized carbons (Fsp3) is 0.533. The Morgan fingerprint density at radius 3 is 2.45 bits per heavy atom. The first-order chi connectivity index (χ1) is 9.55. The van der Waals surface area contributed by atoms with Gasteiger partial charge in [-0.15, -0.1) is 0 Å². The van der Waals surface area contributed by atoms with Crippen LogP contribution in [0, 0.1) is 0 Å². The summed E-state index contributed by atoms with van der Waals surface area (Å²) >= 11 is 0. The molecule has 0 spiro atoms. The first-order valence-electron chi connectivity index (χ1n) is 7.01. The molecule has 0 atom stereocenters. The quantitative estimate of drug-likeness (QED) is 0.760. The monoisotopic (exact) mass is 278 g/mol. The molecule has 1 fully saturated rings. The number of nitrogens with one attached hydrogen (secondary N) is 1. The number of nitrogens with zero attached hydrogens (tertiary/aromatic N) is 1. The van der Waals surface area contributed by atoms with Crippen LogP contribution in [0.25, 0.3) is 0 Å². The number of carbonyl (C=O) groups is 1. The van der Waals surface area contributed by atoms with Crippen LogP contribution in [0.2, 0.25) is 0 Å². The molecule has 1 aliphatic rings. The minimum atomic E-state index is -1.20. The Kier molecular flexibility index (Phi) is 4.62. The second kappa shape index (κ2) is 6.24. The first kappa shape index (κ1) is 14.8. The van der Waals surface area contributed by atoms with Crippen LogP contribution < -0.4 is 10.2 Å². The van der Waals surface area contributed by atoms with Crippen LogP contribution in [0.4, 0.5) is 11.4 Å². The van der Waals surface area contributed by atoms with Crippen molar-refractivity contribution >= 4 is 17.3 Å². The van der Waals surface area contributed by atoms with E-state index in [1.54, 1.807) is 12.1 Å². The lowest BCUT2D eigenvalue weighted by Crippen LogP contribution is -2.40. The maximum Gasteiger partial charge on any atom is 0.256 e. The largest absolute Gasteiger partial charge is 0.395 e. The van der Waals surface area contributed by atoms with Crippen molar-refractivity contribution in [1.29, 1.82) is 0 Å². The lowest BCUT2D eigenvalue weighted by molar-refractivity contribution is -0.133. The summed E-state index contributed by atoms with van der Waals surface area (Å²) < 4.78 is 0. The Labute approximate surface area is 119 Å². The molecule has 0 saturated heterocycles. The fourth-order valence-electron chi connectivity index (χ4n) is 2.51. The van der Waals surface area contributed by atoms with Gasteiger partial charge in [0.25, 0.3) is 5.91 Å². The van der Waals surface area contributed by atoms with Crippen LogP contribution in [0.15, 0.2) is 24.3 Å². The van der Waals surface area contributed by atoms with E-state index in [0.29, 0.717) is 25.1 Å². The topological polar surface area (TPSA) is 72.8 Å². The zero-order chi connectivity index (χ0) is 14.6. The van der Waals surface area contributed by atoms with Crippen molar-refractivity contribution in [3.05, 3.63) is 24.3 Å². The molecule has 1 saturated carbocycles. The number of benzene rings is 1. The number of likely N-dealkylation sites (N-methyl/N-ethyl adjacent to an activating group) is 1. The van der Waals surface area contributed by atoms with Crippen LogP contribution in [-0.4, -0.2) is 41.9 Å². The molecule has 2 rings (SSSR count). The van der Waals surface area contributed by atoms with E-state index in [0.717, 1.165) is 18.5 Å². The van der Waals surface area contributed by atoms with E-state index < -0.39 is 5.60 Å². The van der Waals surface area contributed by atoms with E-state index in [9.17, 15) is 9.90 Å². The summed E-state index contributed by atoms with van der Waals surface area (Å²) in [7, 11) is 1.89. The number of hydrogen-bond donors (Lipinski definition) is 3. The van der Waals surface area contributed by atoms with Crippen LogP contribution in [0.3, 0.4) is 0 Å². The third kappa shape index (κ3) is 3.29. The van der Waals surface area contributed by atoms with E-state index >= 15 is 0 Å². The van der Waals surface area contributed by atoms with Gasteiger partial charge in [-0.3, -0.25) is 4.79 Å². The highest BCUT2D eigenvalue weighted by atomic mass is 16.3. The third-order valence-corrected chi connectivity index (χ3v) is 3.85. The predicted molar refractivity (Wildman–Crippen MR) is 78.8 cm³/mol. The SMILES string of the molecule is CN(CCO)c1ccc(NC(=O)C2(O)CCCC2)cc1. The maximum atomic E-state index is 12.1. The molecule has 0 heterocycles. The van der Waals surface area contributed by atoms with Crippen molar-refractivity contribution in [3.8, 4) is 0 Å². The van der Waals surface area contributed by atoms with Crippen molar-refractivity contribution in [1.82, 2.24) is 0 Å². The minimum Gasteiger partial charge on any atom is -0.395 e. The number of rotatable bonds is 5. The van der Waals surface area contributed by atoms with E-state index in [1.807, 2.05) is 24.1 Å². The van der Waals surface area contributed by atoms with Crippen LogP contribution in [0.5, 0.6) is 0 Å². The van der Waals surface area contributed by atoms with Crippen LogP contribution in [0.1, 0.15) is 25.7 Å². The molecule has 0 bridgehead atoms. The van der Waals surface area contributed by atoms with Crippen molar-refractivity contribution in [3.63, 3.8) is 0 Å². The summed E-state index contributed by atoms with van der Waals surface area (Å²) in [6.07, 6.45) is 2.87. The van der Waals surface area contributed by atoms with Crippen molar-refractivity contribution in [2.24, 2.45) is 0 Å². The predicted octanol–water partition coefficient (Wildman–Crippen LogP) is 1.36. The first-order valence-corrected chi connectivity index (χ1v) is 7.01.